The fourth-order valence-corrected chi connectivity index (χ4v) is 4.97. The Hall–Kier alpha value is -0.580. The van der Waals surface area contributed by atoms with Gasteiger partial charge in [-0.3, -0.25) is 0 Å². The number of nitrogens with zero attached hydrogens (tertiary/aromatic N) is 1. The highest BCUT2D eigenvalue weighted by atomic mass is 35.5. The smallest absolute Gasteiger partial charge is 0.207 e. The van der Waals surface area contributed by atoms with E-state index in [1.165, 1.54) is 12.8 Å². The fourth-order valence-electron chi connectivity index (χ4n) is 2.70. The molecular weight excluding hydrogens is 306 g/mol. The molecule has 0 saturated heterocycles. The highest BCUT2D eigenvalue weighted by Gasteiger charge is 2.41. The van der Waals surface area contributed by atoms with Gasteiger partial charge in [0.2, 0.25) is 10.0 Å². The lowest BCUT2D eigenvalue weighted by Crippen LogP contribution is -2.35. The summed E-state index contributed by atoms with van der Waals surface area (Å²) in [5.41, 5.74) is 1.76. The van der Waals surface area contributed by atoms with Crippen molar-refractivity contribution < 1.29 is 8.42 Å². The summed E-state index contributed by atoms with van der Waals surface area (Å²) in [6.45, 7) is 2.69. The maximum atomic E-state index is 13.1. The monoisotopic (exact) mass is 327 g/mol. The molecule has 2 aliphatic carbocycles. The minimum absolute atomic E-state index is 0.222. The molecule has 1 aromatic rings. The third kappa shape index (κ3) is 3.27. The first-order chi connectivity index (χ1) is 10.1. The standard InChI is InChI=1S/C16H22ClNO2S/c1-2-14-6-5-13(10-17)9-16(14)21(19,20)18(15-7-8-15)11-12-3-4-12/h5-6,9,12,15H,2-4,7-8,10-11H2,1H3. The Morgan fingerprint density at radius 1 is 1.24 bits per heavy atom. The summed E-state index contributed by atoms with van der Waals surface area (Å²) in [5, 5.41) is 0. The van der Waals surface area contributed by atoms with Gasteiger partial charge in [0, 0.05) is 18.5 Å². The molecule has 0 radical (unpaired) electrons. The van der Waals surface area contributed by atoms with Gasteiger partial charge in [-0.2, -0.15) is 4.31 Å². The quantitative estimate of drug-likeness (QED) is 0.718. The normalized spacial score (nSPS) is 19.2. The van der Waals surface area contributed by atoms with E-state index in [1.54, 1.807) is 10.4 Å². The number of benzene rings is 1. The molecule has 0 aromatic heterocycles. The van der Waals surface area contributed by atoms with Crippen LogP contribution in [-0.2, 0) is 22.3 Å². The van der Waals surface area contributed by atoms with E-state index in [0.29, 0.717) is 23.2 Å². The van der Waals surface area contributed by atoms with Crippen molar-refractivity contribution in [2.45, 2.75) is 55.8 Å². The summed E-state index contributed by atoms with van der Waals surface area (Å²) >= 11 is 5.88. The van der Waals surface area contributed by atoms with Crippen LogP contribution in [-0.4, -0.2) is 25.3 Å². The predicted octanol–water partition coefficient (Wildman–Crippen LogP) is 3.55. The second kappa shape index (κ2) is 5.90. The third-order valence-corrected chi connectivity index (χ3v) is 6.65. The van der Waals surface area contributed by atoms with E-state index in [-0.39, 0.29) is 6.04 Å². The van der Waals surface area contributed by atoms with Gasteiger partial charge in [0.15, 0.2) is 0 Å². The van der Waals surface area contributed by atoms with E-state index in [2.05, 4.69) is 0 Å². The molecule has 3 nitrogen and oxygen atoms in total. The molecule has 0 spiro atoms. The number of hydrogen-bond donors (Lipinski definition) is 0. The van der Waals surface area contributed by atoms with Crippen LogP contribution in [0.5, 0.6) is 0 Å². The summed E-state index contributed by atoms with van der Waals surface area (Å²) in [7, 11) is -3.39. The van der Waals surface area contributed by atoms with Crippen LogP contribution in [0.2, 0.25) is 0 Å². The molecular formula is C16H22ClNO2S. The Kier molecular flexibility index (Phi) is 4.30. The summed E-state index contributed by atoms with van der Waals surface area (Å²) in [6, 6.07) is 5.82. The van der Waals surface area contributed by atoms with E-state index in [0.717, 1.165) is 30.4 Å². The van der Waals surface area contributed by atoms with Crippen molar-refractivity contribution in [2.75, 3.05) is 6.54 Å². The van der Waals surface area contributed by atoms with Crippen LogP contribution in [0.1, 0.15) is 43.7 Å². The van der Waals surface area contributed by atoms with Crippen LogP contribution in [0.4, 0.5) is 0 Å². The van der Waals surface area contributed by atoms with Crippen LogP contribution in [0, 0.1) is 5.92 Å². The maximum absolute atomic E-state index is 13.1. The highest BCUT2D eigenvalue weighted by Crippen LogP contribution is 2.38. The van der Waals surface area contributed by atoms with Gasteiger partial charge in [0.1, 0.15) is 0 Å². The molecule has 0 aliphatic heterocycles. The van der Waals surface area contributed by atoms with Crippen molar-refractivity contribution in [3.63, 3.8) is 0 Å². The van der Waals surface area contributed by atoms with Gasteiger partial charge in [-0.05, 0) is 55.2 Å². The fraction of sp³-hybridized carbons (Fsp3) is 0.625. The number of hydrogen-bond acceptors (Lipinski definition) is 2. The molecule has 0 N–H and O–H groups in total. The SMILES string of the molecule is CCc1ccc(CCl)cc1S(=O)(=O)N(CC1CC1)C1CC1. The average Bonchev–Trinajstić information content (AvgIpc) is 3.37. The topological polar surface area (TPSA) is 37.4 Å². The van der Waals surface area contributed by atoms with E-state index in [1.807, 2.05) is 19.1 Å². The van der Waals surface area contributed by atoms with Crippen molar-refractivity contribution in [1.29, 1.82) is 0 Å². The summed E-state index contributed by atoms with van der Waals surface area (Å²) in [5.74, 6) is 0.917. The average molecular weight is 328 g/mol. The van der Waals surface area contributed by atoms with Gasteiger partial charge in [0.05, 0.1) is 4.90 Å². The summed E-state index contributed by atoms with van der Waals surface area (Å²) in [4.78, 5) is 0.468. The second-order valence-corrected chi connectivity index (χ2v) is 8.30. The second-order valence-electron chi connectivity index (χ2n) is 6.18. The molecule has 2 fully saturated rings. The van der Waals surface area contributed by atoms with Crippen LogP contribution in [0.3, 0.4) is 0 Å². The largest absolute Gasteiger partial charge is 0.243 e. The molecule has 21 heavy (non-hydrogen) atoms. The maximum Gasteiger partial charge on any atom is 0.243 e. The van der Waals surface area contributed by atoms with Crippen LogP contribution < -0.4 is 0 Å². The van der Waals surface area contributed by atoms with Crippen molar-refractivity contribution in [1.82, 2.24) is 4.31 Å². The third-order valence-electron chi connectivity index (χ3n) is 4.34. The molecule has 0 bridgehead atoms. The van der Waals surface area contributed by atoms with Crippen molar-refractivity contribution in [3.05, 3.63) is 29.3 Å². The summed E-state index contributed by atoms with van der Waals surface area (Å²) < 4.78 is 28.0. The molecule has 0 unspecified atom stereocenters. The highest BCUT2D eigenvalue weighted by molar-refractivity contribution is 7.89. The zero-order valence-electron chi connectivity index (χ0n) is 12.4. The lowest BCUT2D eigenvalue weighted by molar-refractivity contribution is 0.388. The number of aryl methyl sites for hydroxylation is 1. The van der Waals surface area contributed by atoms with Gasteiger partial charge in [0.25, 0.3) is 0 Å². The van der Waals surface area contributed by atoms with Gasteiger partial charge in [-0.1, -0.05) is 19.1 Å². The first-order valence-electron chi connectivity index (χ1n) is 7.76. The lowest BCUT2D eigenvalue weighted by atomic mass is 10.1. The van der Waals surface area contributed by atoms with Gasteiger partial charge < -0.3 is 0 Å². The molecule has 0 amide bonds. The van der Waals surface area contributed by atoms with Gasteiger partial charge in [-0.15, -0.1) is 11.6 Å². The van der Waals surface area contributed by atoms with Gasteiger partial charge in [-0.25, -0.2) is 8.42 Å². The zero-order valence-corrected chi connectivity index (χ0v) is 14.0. The zero-order chi connectivity index (χ0) is 15.0. The Balaban J connectivity index is 1.98. The first kappa shape index (κ1) is 15.3. The van der Waals surface area contributed by atoms with E-state index < -0.39 is 10.0 Å². The Bertz CT molecular complexity index is 621. The lowest BCUT2D eigenvalue weighted by Gasteiger charge is -2.23. The Morgan fingerprint density at radius 3 is 2.48 bits per heavy atom. The molecule has 5 heteroatoms. The van der Waals surface area contributed by atoms with E-state index in [4.69, 9.17) is 11.6 Å². The minimum atomic E-state index is -3.39. The van der Waals surface area contributed by atoms with E-state index >= 15 is 0 Å². The Labute approximate surface area is 132 Å². The molecule has 0 heterocycles. The number of alkyl halides is 1. The first-order valence-corrected chi connectivity index (χ1v) is 9.73. The number of halogens is 1. The van der Waals surface area contributed by atoms with Crippen LogP contribution >= 0.6 is 11.6 Å². The van der Waals surface area contributed by atoms with Crippen LogP contribution in [0.15, 0.2) is 23.1 Å². The molecule has 3 rings (SSSR count). The van der Waals surface area contributed by atoms with Crippen LogP contribution in [0.25, 0.3) is 0 Å². The number of sulfonamides is 1. The van der Waals surface area contributed by atoms with Crippen molar-refractivity contribution in [2.24, 2.45) is 5.92 Å². The summed E-state index contributed by atoms with van der Waals surface area (Å²) in [6.07, 6.45) is 5.06. The molecule has 2 aliphatic rings. The minimum Gasteiger partial charge on any atom is -0.207 e. The Morgan fingerprint density at radius 2 is 1.95 bits per heavy atom. The van der Waals surface area contributed by atoms with Gasteiger partial charge >= 0.3 is 0 Å². The molecule has 1 aromatic carbocycles. The molecule has 0 atom stereocenters. The molecule has 2 saturated carbocycles. The van der Waals surface area contributed by atoms with Crippen molar-refractivity contribution >= 4 is 21.6 Å². The van der Waals surface area contributed by atoms with E-state index in [9.17, 15) is 8.42 Å². The van der Waals surface area contributed by atoms with Crippen molar-refractivity contribution in [3.8, 4) is 0 Å². The number of rotatable bonds is 7. The predicted molar refractivity (Wildman–Crippen MR) is 85.0 cm³/mol. The molecule has 116 valence electrons.